The van der Waals surface area contributed by atoms with E-state index >= 15 is 0 Å². The maximum absolute atomic E-state index is 13.3. The van der Waals surface area contributed by atoms with Crippen LogP contribution < -0.4 is 5.73 Å². The third-order valence-electron chi connectivity index (χ3n) is 4.79. The lowest BCUT2D eigenvalue weighted by molar-refractivity contribution is -0.137. The second-order valence-corrected chi connectivity index (χ2v) is 6.89. The Balaban J connectivity index is 1.61. The molecule has 0 atom stereocenters. The summed E-state index contributed by atoms with van der Waals surface area (Å²) in [5, 5.41) is 19.4. The summed E-state index contributed by atoms with van der Waals surface area (Å²) < 4.78 is 41.5. The molecule has 3 N–H and O–H groups in total. The summed E-state index contributed by atoms with van der Waals surface area (Å²) in [6, 6.07) is 19.3. The Kier molecular flexibility index (Phi) is 5.24. The molecule has 0 aliphatic rings. The predicted molar refractivity (Wildman–Crippen MR) is 110 cm³/mol. The van der Waals surface area contributed by atoms with Crippen LogP contribution in [0.25, 0.3) is 22.5 Å². The van der Waals surface area contributed by atoms with E-state index in [1.54, 1.807) is 53.2 Å². The minimum absolute atomic E-state index is 0.0596. The molecule has 1 heterocycles. The van der Waals surface area contributed by atoms with Gasteiger partial charge < -0.3 is 5.73 Å². The average molecular weight is 422 g/mol. The first-order valence-electron chi connectivity index (χ1n) is 9.29. The van der Waals surface area contributed by atoms with Crippen LogP contribution in [0.1, 0.15) is 16.7 Å². The highest BCUT2D eigenvalue weighted by Crippen LogP contribution is 2.36. The van der Waals surface area contributed by atoms with Crippen LogP contribution in [0.15, 0.2) is 72.8 Å². The zero-order valence-electron chi connectivity index (χ0n) is 16.1. The predicted octanol–water partition coefficient (Wildman–Crippen LogP) is 4.36. The van der Waals surface area contributed by atoms with Crippen LogP contribution in [0.3, 0.4) is 0 Å². The van der Waals surface area contributed by atoms with E-state index < -0.39 is 11.7 Å². The van der Waals surface area contributed by atoms with Crippen molar-refractivity contribution in [3.8, 4) is 22.5 Å². The van der Waals surface area contributed by atoms with E-state index in [4.69, 9.17) is 11.1 Å². The fraction of sp³-hybridized carbons (Fsp3) is 0.0909. The van der Waals surface area contributed by atoms with Crippen LogP contribution >= 0.6 is 0 Å². The summed E-state index contributed by atoms with van der Waals surface area (Å²) in [4.78, 5) is 0. The Morgan fingerprint density at radius 3 is 2.39 bits per heavy atom. The van der Waals surface area contributed by atoms with Gasteiger partial charge in [-0.2, -0.15) is 13.2 Å². The highest BCUT2D eigenvalue weighted by molar-refractivity contribution is 5.95. The van der Waals surface area contributed by atoms with Crippen molar-refractivity contribution < 1.29 is 13.2 Å². The number of halogens is 3. The van der Waals surface area contributed by atoms with Crippen LogP contribution in [0.4, 0.5) is 13.2 Å². The van der Waals surface area contributed by atoms with Gasteiger partial charge in [0.2, 0.25) is 0 Å². The second kappa shape index (κ2) is 8.02. The van der Waals surface area contributed by atoms with Crippen molar-refractivity contribution in [2.75, 3.05) is 0 Å². The highest BCUT2D eigenvalue weighted by atomic mass is 19.4. The molecule has 0 saturated heterocycles. The standard InChI is InChI=1S/C22H17F3N6/c23-22(24,25)19-7-2-1-6-18(19)15-10-8-14(9-11-15)13-31-21(28-29-30-31)17-5-3-4-16(12-17)20(26)27/h1-12H,13H2,(H3,26,27). The molecule has 1 aromatic heterocycles. The van der Waals surface area contributed by atoms with Crippen molar-refractivity contribution in [2.24, 2.45) is 5.73 Å². The molecule has 0 bridgehead atoms. The zero-order valence-corrected chi connectivity index (χ0v) is 16.1. The molecule has 0 unspecified atom stereocenters. The highest BCUT2D eigenvalue weighted by Gasteiger charge is 2.33. The zero-order chi connectivity index (χ0) is 22.0. The summed E-state index contributed by atoms with van der Waals surface area (Å²) in [6.07, 6.45) is -4.43. The number of nitrogens with one attached hydrogen (secondary N) is 1. The van der Waals surface area contributed by atoms with Gasteiger partial charge in [0, 0.05) is 11.1 Å². The van der Waals surface area contributed by atoms with Crippen molar-refractivity contribution in [3.05, 3.63) is 89.5 Å². The number of benzene rings is 3. The summed E-state index contributed by atoms with van der Waals surface area (Å²) >= 11 is 0. The minimum atomic E-state index is -4.43. The molecule has 9 heteroatoms. The lowest BCUT2D eigenvalue weighted by Gasteiger charge is -2.13. The van der Waals surface area contributed by atoms with E-state index in [1.165, 1.54) is 12.1 Å². The largest absolute Gasteiger partial charge is 0.417 e. The molecule has 156 valence electrons. The van der Waals surface area contributed by atoms with Crippen molar-refractivity contribution in [3.63, 3.8) is 0 Å². The molecule has 0 radical (unpaired) electrons. The molecule has 0 saturated carbocycles. The van der Waals surface area contributed by atoms with E-state index in [9.17, 15) is 13.2 Å². The molecular formula is C22H17F3N6. The molecule has 0 aliphatic heterocycles. The van der Waals surface area contributed by atoms with Crippen LogP contribution in [0.5, 0.6) is 0 Å². The molecule has 6 nitrogen and oxygen atoms in total. The quantitative estimate of drug-likeness (QED) is 0.369. The molecule has 0 aliphatic carbocycles. The van der Waals surface area contributed by atoms with Gasteiger partial charge in [0.1, 0.15) is 5.84 Å². The fourth-order valence-corrected chi connectivity index (χ4v) is 3.29. The van der Waals surface area contributed by atoms with Gasteiger partial charge in [-0.1, -0.05) is 60.7 Å². The number of amidine groups is 1. The fourth-order valence-electron chi connectivity index (χ4n) is 3.29. The maximum atomic E-state index is 13.3. The van der Waals surface area contributed by atoms with Gasteiger partial charge in [0.05, 0.1) is 12.1 Å². The number of hydrogen-bond donors (Lipinski definition) is 2. The third kappa shape index (κ3) is 4.30. The topological polar surface area (TPSA) is 93.5 Å². The molecule has 4 rings (SSSR count). The first-order valence-corrected chi connectivity index (χ1v) is 9.29. The smallest absolute Gasteiger partial charge is 0.384 e. The van der Waals surface area contributed by atoms with Crippen LogP contribution in [0, 0.1) is 5.41 Å². The molecule has 3 aromatic carbocycles. The molecule has 31 heavy (non-hydrogen) atoms. The minimum Gasteiger partial charge on any atom is -0.384 e. The van der Waals surface area contributed by atoms with E-state index in [-0.39, 0.29) is 11.4 Å². The molecular weight excluding hydrogens is 405 g/mol. The Morgan fingerprint density at radius 1 is 0.935 bits per heavy atom. The van der Waals surface area contributed by atoms with Crippen molar-refractivity contribution in [1.29, 1.82) is 5.41 Å². The normalized spacial score (nSPS) is 11.5. The van der Waals surface area contributed by atoms with E-state index in [0.29, 0.717) is 29.1 Å². The van der Waals surface area contributed by atoms with Crippen molar-refractivity contribution >= 4 is 5.84 Å². The number of nitrogens with two attached hydrogens (primary N) is 1. The summed E-state index contributed by atoms with van der Waals surface area (Å²) in [6.45, 7) is 0.327. The molecule has 0 spiro atoms. The number of tetrazole rings is 1. The van der Waals surface area contributed by atoms with Crippen molar-refractivity contribution in [1.82, 2.24) is 20.2 Å². The Hall–Kier alpha value is -4.01. The van der Waals surface area contributed by atoms with Gasteiger partial charge in [-0.3, -0.25) is 5.41 Å². The van der Waals surface area contributed by atoms with Gasteiger partial charge in [-0.15, -0.1) is 5.10 Å². The van der Waals surface area contributed by atoms with E-state index in [2.05, 4.69) is 15.5 Å². The summed E-state index contributed by atoms with van der Waals surface area (Å²) in [5.41, 5.74) is 7.57. The Bertz CT molecular complexity index is 1230. The third-order valence-corrected chi connectivity index (χ3v) is 4.79. The summed E-state index contributed by atoms with van der Waals surface area (Å²) in [5.74, 6) is 0.435. The first-order chi connectivity index (χ1) is 14.8. The molecule has 0 amide bonds. The lowest BCUT2D eigenvalue weighted by atomic mass is 9.98. The number of alkyl halides is 3. The van der Waals surface area contributed by atoms with Crippen molar-refractivity contribution in [2.45, 2.75) is 12.7 Å². The number of aromatic nitrogens is 4. The SMILES string of the molecule is N=C(N)c1cccc(-c2nnnn2Cc2ccc(-c3ccccc3C(F)(F)F)cc2)c1. The Morgan fingerprint density at radius 2 is 1.68 bits per heavy atom. The number of rotatable bonds is 5. The monoisotopic (exact) mass is 422 g/mol. The lowest BCUT2D eigenvalue weighted by Crippen LogP contribution is -2.11. The van der Waals surface area contributed by atoms with Crippen LogP contribution in [-0.2, 0) is 12.7 Å². The summed E-state index contributed by atoms with van der Waals surface area (Å²) in [7, 11) is 0. The van der Waals surface area contributed by atoms with Gasteiger partial charge >= 0.3 is 6.18 Å². The molecule has 4 aromatic rings. The number of nitrogen functional groups attached to an aromatic ring is 1. The number of nitrogens with zero attached hydrogens (tertiary/aromatic N) is 4. The maximum Gasteiger partial charge on any atom is 0.417 e. The average Bonchev–Trinajstić information content (AvgIpc) is 3.22. The molecule has 0 fully saturated rings. The van der Waals surface area contributed by atoms with Gasteiger partial charge in [-0.05, 0) is 39.2 Å². The van der Waals surface area contributed by atoms with Gasteiger partial charge in [0.15, 0.2) is 5.82 Å². The van der Waals surface area contributed by atoms with Gasteiger partial charge in [-0.25, -0.2) is 4.68 Å². The Labute approximate surface area is 175 Å². The van der Waals surface area contributed by atoms with E-state index in [1.807, 2.05) is 6.07 Å². The first kappa shape index (κ1) is 20.3. The second-order valence-electron chi connectivity index (χ2n) is 6.89. The van der Waals surface area contributed by atoms with Crippen LogP contribution in [0.2, 0.25) is 0 Å². The number of hydrogen-bond acceptors (Lipinski definition) is 4. The van der Waals surface area contributed by atoms with Crippen LogP contribution in [-0.4, -0.2) is 26.0 Å². The van der Waals surface area contributed by atoms with Gasteiger partial charge in [0.25, 0.3) is 0 Å². The van der Waals surface area contributed by atoms with E-state index in [0.717, 1.165) is 11.6 Å².